The Balaban J connectivity index is 1.75. The zero-order valence-corrected chi connectivity index (χ0v) is 16.2. The van der Waals surface area contributed by atoms with Crippen molar-refractivity contribution in [3.05, 3.63) is 36.0 Å². The number of tetrazole rings is 1. The number of carbonyl (C=O) groups is 1. The molecule has 142 valence electrons. The molecule has 1 atom stereocenters. The number of aryl methyl sites for hydroxylation is 1. The number of anilines is 1. The Morgan fingerprint density at radius 3 is 3.04 bits per heavy atom. The lowest BCUT2D eigenvalue weighted by Crippen LogP contribution is -2.07. The second-order valence-electron chi connectivity index (χ2n) is 6.02. The van der Waals surface area contributed by atoms with E-state index in [0.29, 0.717) is 16.7 Å². The lowest BCUT2D eigenvalue weighted by atomic mass is 10.2. The summed E-state index contributed by atoms with van der Waals surface area (Å²) in [6, 6.07) is 7.31. The fourth-order valence-corrected chi connectivity index (χ4v) is 3.25. The number of aromatic nitrogens is 6. The molecule has 0 aliphatic heterocycles. The number of amides is 1. The van der Waals surface area contributed by atoms with Gasteiger partial charge < -0.3 is 9.84 Å². The SMILES string of the molecule is CCCCc1noc(C(C)Sc2nnnn2-c2cccc(NC(C)=O)c2)n1. The average molecular weight is 387 g/mol. The summed E-state index contributed by atoms with van der Waals surface area (Å²) in [6.45, 7) is 5.56. The van der Waals surface area contributed by atoms with Crippen LogP contribution in [0.25, 0.3) is 5.69 Å². The minimum Gasteiger partial charge on any atom is -0.338 e. The van der Waals surface area contributed by atoms with E-state index in [1.54, 1.807) is 10.7 Å². The van der Waals surface area contributed by atoms with E-state index >= 15 is 0 Å². The molecular weight excluding hydrogens is 366 g/mol. The fraction of sp³-hybridized carbons (Fsp3) is 0.412. The number of nitrogens with one attached hydrogen (secondary N) is 1. The van der Waals surface area contributed by atoms with Crippen LogP contribution >= 0.6 is 11.8 Å². The average Bonchev–Trinajstić information content (AvgIpc) is 3.29. The van der Waals surface area contributed by atoms with Crippen molar-refractivity contribution in [2.45, 2.75) is 50.4 Å². The number of hydrogen-bond donors (Lipinski definition) is 1. The molecule has 0 aliphatic rings. The maximum Gasteiger partial charge on any atom is 0.239 e. The normalized spacial score (nSPS) is 12.1. The lowest BCUT2D eigenvalue weighted by molar-refractivity contribution is -0.114. The third-order valence-electron chi connectivity index (χ3n) is 3.72. The number of carbonyl (C=O) groups excluding carboxylic acids is 1. The first-order chi connectivity index (χ1) is 13.1. The van der Waals surface area contributed by atoms with E-state index in [-0.39, 0.29) is 11.2 Å². The summed E-state index contributed by atoms with van der Waals surface area (Å²) < 4.78 is 6.99. The van der Waals surface area contributed by atoms with Gasteiger partial charge in [-0.2, -0.15) is 9.67 Å². The molecule has 0 radical (unpaired) electrons. The van der Waals surface area contributed by atoms with E-state index in [1.807, 2.05) is 25.1 Å². The van der Waals surface area contributed by atoms with Gasteiger partial charge in [0.05, 0.1) is 10.9 Å². The molecule has 0 bridgehead atoms. The van der Waals surface area contributed by atoms with E-state index in [2.05, 4.69) is 37.9 Å². The van der Waals surface area contributed by atoms with E-state index < -0.39 is 0 Å². The van der Waals surface area contributed by atoms with Gasteiger partial charge in [-0.05, 0) is 42.0 Å². The van der Waals surface area contributed by atoms with E-state index in [0.717, 1.165) is 30.8 Å². The van der Waals surface area contributed by atoms with Crippen LogP contribution in [0.15, 0.2) is 33.9 Å². The number of benzene rings is 1. The maximum atomic E-state index is 11.3. The molecule has 0 fully saturated rings. The molecule has 27 heavy (non-hydrogen) atoms. The van der Waals surface area contributed by atoms with E-state index in [4.69, 9.17) is 4.52 Å². The molecule has 2 aromatic heterocycles. The predicted octanol–water partition coefficient (Wildman–Crippen LogP) is 3.20. The summed E-state index contributed by atoms with van der Waals surface area (Å²) in [5.41, 5.74) is 1.42. The van der Waals surface area contributed by atoms with Gasteiger partial charge in [-0.15, -0.1) is 5.10 Å². The van der Waals surface area contributed by atoms with Crippen LogP contribution in [-0.4, -0.2) is 36.3 Å². The molecule has 0 saturated heterocycles. The molecule has 3 aromatic rings. The standard InChI is InChI=1S/C17H21N7O2S/c1-4-5-9-15-19-16(26-21-15)11(2)27-17-20-22-23-24(17)14-8-6-7-13(10-14)18-12(3)25/h6-8,10-11H,4-5,9H2,1-3H3,(H,18,25). The van der Waals surface area contributed by atoms with Gasteiger partial charge in [0, 0.05) is 19.0 Å². The first-order valence-corrected chi connectivity index (χ1v) is 9.60. The highest BCUT2D eigenvalue weighted by molar-refractivity contribution is 7.99. The Bertz CT molecular complexity index is 908. The molecule has 0 saturated carbocycles. The van der Waals surface area contributed by atoms with Gasteiger partial charge in [0.1, 0.15) is 0 Å². The van der Waals surface area contributed by atoms with Gasteiger partial charge in [-0.3, -0.25) is 4.79 Å². The highest BCUT2D eigenvalue weighted by Crippen LogP contribution is 2.33. The Hall–Kier alpha value is -2.75. The van der Waals surface area contributed by atoms with Crippen LogP contribution in [-0.2, 0) is 11.2 Å². The molecule has 1 unspecified atom stereocenters. The second kappa shape index (κ2) is 8.76. The van der Waals surface area contributed by atoms with Crippen molar-refractivity contribution in [1.29, 1.82) is 0 Å². The summed E-state index contributed by atoms with van der Waals surface area (Å²) in [5, 5.41) is 19.2. The highest BCUT2D eigenvalue weighted by Gasteiger charge is 2.20. The zero-order valence-electron chi connectivity index (χ0n) is 15.4. The first-order valence-electron chi connectivity index (χ1n) is 8.72. The number of thioether (sulfide) groups is 1. The fourth-order valence-electron chi connectivity index (χ4n) is 2.41. The predicted molar refractivity (Wildman–Crippen MR) is 101 cm³/mol. The second-order valence-corrected chi connectivity index (χ2v) is 7.33. The van der Waals surface area contributed by atoms with Gasteiger partial charge in [-0.25, -0.2) is 0 Å². The Morgan fingerprint density at radius 2 is 2.26 bits per heavy atom. The van der Waals surface area contributed by atoms with Crippen molar-refractivity contribution in [3.8, 4) is 5.69 Å². The third-order valence-corrected chi connectivity index (χ3v) is 4.74. The van der Waals surface area contributed by atoms with Crippen molar-refractivity contribution >= 4 is 23.4 Å². The van der Waals surface area contributed by atoms with E-state index in [1.165, 1.54) is 18.7 Å². The van der Waals surface area contributed by atoms with Gasteiger partial charge >= 0.3 is 0 Å². The highest BCUT2D eigenvalue weighted by atomic mass is 32.2. The zero-order chi connectivity index (χ0) is 19.2. The van der Waals surface area contributed by atoms with Gasteiger partial charge in [0.2, 0.25) is 17.0 Å². The summed E-state index contributed by atoms with van der Waals surface area (Å²) in [4.78, 5) is 15.7. The monoisotopic (exact) mass is 387 g/mol. The summed E-state index contributed by atoms with van der Waals surface area (Å²) >= 11 is 1.42. The van der Waals surface area contributed by atoms with Crippen molar-refractivity contribution < 1.29 is 9.32 Å². The van der Waals surface area contributed by atoms with Gasteiger partial charge in [0.15, 0.2) is 5.82 Å². The maximum absolute atomic E-state index is 11.3. The summed E-state index contributed by atoms with van der Waals surface area (Å²) in [7, 11) is 0. The number of unbranched alkanes of at least 4 members (excludes halogenated alkanes) is 1. The minimum atomic E-state index is -0.137. The van der Waals surface area contributed by atoms with Crippen LogP contribution in [0.5, 0.6) is 0 Å². The summed E-state index contributed by atoms with van der Waals surface area (Å²) in [6.07, 6.45) is 2.93. The van der Waals surface area contributed by atoms with Crippen LogP contribution in [0, 0.1) is 0 Å². The molecule has 3 rings (SSSR count). The largest absolute Gasteiger partial charge is 0.338 e. The minimum absolute atomic E-state index is 0.101. The molecule has 0 aliphatic carbocycles. The van der Waals surface area contributed by atoms with Crippen LogP contribution in [0.4, 0.5) is 5.69 Å². The van der Waals surface area contributed by atoms with Crippen LogP contribution < -0.4 is 5.32 Å². The molecular formula is C17H21N7O2S. The number of nitrogens with zero attached hydrogens (tertiary/aromatic N) is 6. The van der Waals surface area contributed by atoms with Crippen molar-refractivity contribution in [3.63, 3.8) is 0 Å². The quantitative estimate of drug-likeness (QED) is 0.587. The van der Waals surface area contributed by atoms with Gasteiger partial charge in [0.25, 0.3) is 0 Å². The molecule has 1 N–H and O–H groups in total. The number of hydrogen-bond acceptors (Lipinski definition) is 8. The van der Waals surface area contributed by atoms with Crippen LogP contribution in [0.1, 0.15) is 50.6 Å². The number of rotatable bonds is 8. The third kappa shape index (κ3) is 4.91. The first kappa shape index (κ1) is 19.0. The smallest absolute Gasteiger partial charge is 0.239 e. The van der Waals surface area contributed by atoms with Crippen molar-refractivity contribution in [2.75, 3.05) is 5.32 Å². The summed E-state index contributed by atoms with van der Waals surface area (Å²) in [5.74, 6) is 1.14. The topological polar surface area (TPSA) is 112 Å². The van der Waals surface area contributed by atoms with Crippen LogP contribution in [0.2, 0.25) is 0 Å². The van der Waals surface area contributed by atoms with Crippen molar-refractivity contribution in [2.24, 2.45) is 0 Å². The Morgan fingerprint density at radius 1 is 1.41 bits per heavy atom. The molecule has 2 heterocycles. The lowest BCUT2D eigenvalue weighted by Gasteiger charge is -2.08. The van der Waals surface area contributed by atoms with Crippen molar-refractivity contribution in [1.82, 2.24) is 30.3 Å². The molecule has 0 spiro atoms. The van der Waals surface area contributed by atoms with E-state index in [9.17, 15) is 4.79 Å². The molecule has 1 amide bonds. The Kier molecular flexibility index (Phi) is 6.17. The molecule has 9 nitrogen and oxygen atoms in total. The van der Waals surface area contributed by atoms with Gasteiger partial charge in [-0.1, -0.05) is 36.3 Å². The molecule has 1 aromatic carbocycles. The van der Waals surface area contributed by atoms with Crippen LogP contribution in [0.3, 0.4) is 0 Å². The molecule has 10 heteroatoms. The Labute approximate surface area is 160 Å².